The fraction of sp³-hybridized carbons (Fsp3) is 0.533. The molecule has 1 atom stereocenters. The zero-order valence-corrected chi connectivity index (χ0v) is 13.1. The molecule has 0 aromatic heterocycles. The van der Waals surface area contributed by atoms with Crippen LogP contribution in [0.15, 0.2) is 29.2 Å². The number of unbranched alkanes of at least 4 members (excludes halogenated alkanes) is 1. The molecule has 0 aliphatic rings. The van der Waals surface area contributed by atoms with Gasteiger partial charge in [0.25, 0.3) is 0 Å². The van der Waals surface area contributed by atoms with Crippen LogP contribution in [-0.4, -0.2) is 36.5 Å². The summed E-state index contributed by atoms with van der Waals surface area (Å²) in [6.07, 6.45) is 2.49. The van der Waals surface area contributed by atoms with E-state index in [0.717, 1.165) is 29.2 Å². The van der Waals surface area contributed by atoms with Crippen LogP contribution >= 0.6 is 11.8 Å². The minimum absolute atomic E-state index is 0.630. The summed E-state index contributed by atoms with van der Waals surface area (Å²) >= 11 is 1.75. The Morgan fingerprint density at radius 2 is 2.10 bits per heavy atom. The van der Waals surface area contributed by atoms with E-state index in [9.17, 15) is 4.79 Å². The Labute approximate surface area is 124 Å². The lowest BCUT2D eigenvalue weighted by Crippen LogP contribution is -2.47. The van der Waals surface area contributed by atoms with Crippen molar-refractivity contribution in [3.05, 3.63) is 24.3 Å². The maximum absolute atomic E-state index is 11.1. The number of methoxy groups -OCH3 is 1. The molecule has 4 nitrogen and oxygen atoms in total. The van der Waals surface area contributed by atoms with E-state index < -0.39 is 11.5 Å². The molecule has 5 heteroatoms. The third kappa shape index (κ3) is 4.72. The van der Waals surface area contributed by atoms with E-state index in [2.05, 4.69) is 5.32 Å². The summed E-state index contributed by atoms with van der Waals surface area (Å²) in [5.74, 6) is 1.06. The number of thioether (sulfide) groups is 1. The minimum atomic E-state index is -0.824. The second kappa shape index (κ2) is 8.17. The Balaban J connectivity index is 2.34. The molecule has 0 aliphatic carbocycles. The number of para-hydroxylation sites is 1. The summed E-state index contributed by atoms with van der Waals surface area (Å²) in [5, 5.41) is 12.0. The number of nitrogens with one attached hydrogen (secondary N) is 1. The first-order valence-corrected chi connectivity index (χ1v) is 7.70. The fourth-order valence-electron chi connectivity index (χ4n) is 1.84. The molecule has 1 aromatic rings. The zero-order chi connectivity index (χ0) is 15.0. The highest BCUT2D eigenvalue weighted by Gasteiger charge is 2.29. The van der Waals surface area contributed by atoms with Crippen molar-refractivity contribution in [1.29, 1.82) is 0 Å². The number of aliphatic carboxylic acids is 1. The van der Waals surface area contributed by atoms with Crippen LogP contribution in [0, 0.1) is 0 Å². The maximum atomic E-state index is 11.1. The first-order chi connectivity index (χ1) is 9.53. The van der Waals surface area contributed by atoms with Gasteiger partial charge in [-0.2, -0.15) is 0 Å². The van der Waals surface area contributed by atoms with E-state index >= 15 is 0 Å². The van der Waals surface area contributed by atoms with E-state index in [-0.39, 0.29) is 0 Å². The van der Waals surface area contributed by atoms with Crippen molar-refractivity contribution >= 4 is 17.7 Å². The Morgan fingerprint density at radius 1 is 1.40 bits per heavy atom. The molecular formula is C15H23NO3S. The van der Waals surface area contributed by atoms with E-state index in [1.54, 1.807) is 32.8 Å². The zero-order valence-electron chi connectivity index (χ0n) is 12.3. The molecule has 0 aliphatic heterocycles. The smallest absolute Gasteiger partial charge is 0.323 e. The summed E-state index contributed by atoms with van der Waals surface area (Å²) in [6.45, 7) is 1.72. The van der Waals surface area contributed by atoms with Crippen LogP contribution in [-0.2, 0) is 4.79 Å². The molecule has 20 heavy (non-hydrogen) atoms. The highest BCUT2D eigenvalue weighted by Crippen LogP contribution is 2.29. The Bertz CT molecular complexity index is 439. The lowest BCUT2D eigenvalue weighted by atomic mass is 9.95. The number of carbonyl (C=O) groups is 1. The summed E-state index contributed by atoms with van der Waals surface area (Å²) in [7, 11) is 3.36. The Kier molecular flexibility index (Phi) is 6.88. The molecule has 0 heterocycles. The predicted octanol–water partition coefficient (Wildman–Crippen LogP) is 3.02. The molecule has 0 saturated heterocycles. The largest absolute Gasteiger partial charge is 0.496 e. The second-order valence-electron chi connectivity index (χ2n) is 4.84. The second-order valence-corrected chi connectivity index (χ2v) is 5.98. The van der Waals surface area contributed by atoms with Crippen molar-refractivity contribution in [3.63, 3.8) is 0 Å². The molecule has 1 aromatic carbocycles. The van der Waals surface area contributed by atoms with Gasteiger partial charge in [-0.15, -0.1) is 11.8 Å². The highest BCUT2D eigenvalue weighted by atomic mass is 32.2. The van der Waals surface area contributed by atoms with Gasteiger partial charge in [0, 0.05) is 4.90 Å². The summed E-state index contributed by atoms with van der Waals surface area (Å²) in [5.41, 5.74) is -0.824. The minimum Gasteiger partial charge on any atom is -0.496 e. The third-order valence-electron chi connectivity index (χ3n) is 3.42. The van der Waals surface area contributed by atoms with Crippen LogP contribution in [0.25, 0.3) is 0 Å². The van der Waals surface area contributed by atoms with Gasteiger partial charge in [0.2, 0.25) is 0 Å². The molecule has 2 N–H and O–H groups in total. The van der Waals surface area contributed by atoms with Crippen LogP contribution in [0.3, 0.4) is 0 Å². The lowest BCUT2D eigenvalue weighted by Gasteiger charge is -2.23. The number of ether oxygens (including phenoxy) is 1. The number of likely N-dealkylation sites (N-methyl/N-ethyl adjacent to an activating group) is 1. The van der Waals surface area contributed by atoms with E-state index in [4.69, 9.17) is 9.84 Å². The number of carboxylic acids is 1. The average molecular weight is 297 g/mol. The number of carboxylic acid groups (broad SMARTS) is 1. The highest BCUT2D eigenvalue weighted by molar-refractivity contribution is 7.99. The van der Waals surface area contributed by atoms with Crippen molar-refractivity contribution in [3.8, 4) is 5.75 Å². The Morgan fingerprint density at radius 3 is 2.70 bits per heavy atom. The maximum Gasteiger partial charge on any atom is 0.323 e. The molecular weight excluding hydrogens is 274 g/mol. The number of benzene rings is 1. The standard InChI is InChI=1S/C15H23NO3S/c1-15(16-2,14(17)18)10-6-7-11-20-13-9-5-4-8-12(13)19-3/h4-5,8-9,16H,6-7,10-11H2,1-3H3,(H,17,18). The van der Waals surface area contributed by atoms with Crippen LogP contribution < -0.4 is 10.1 Å². The van der Waals surface area contributed by atoms with E-state index in [0.29, 0.717) is 6.42 Å². The molecule has 0 saturated carbocycles. The van der Waals surface area contributed by atoms with Gasteiger partial charge in [0.05, 0.1) is 7.11 Å². The third-order valence-corrected chi connectivity index (χ3v) is 4.56. The molecule has 0 bridgehead atoms. The first kappa shape index (κ1) is 16.9. The van der Waals surface area contributed by atoms with Crippen molar-refractivity contribution in [1.82, 2.24) is 5.32 Å². The van der Waals surface area contributed by atoms with Gasteiger partial charge in [-0.3, -0.25) is 4.79 Å². The van der Waals surface area contributed by atoms with Gasteiger partial charge >= 0.3 is 5.97 Å². The number of hydrogen-bond acceptors (Lipinski definition) is 4. The van der Waals surface area contributed by atoms with Gasteiger partial charge in [0.1, 0.15) is 11.3 Å². The molecule has 1 rings (SSSR count). The van der Waals surface area contributed by atoms with Gasteiger partial charge in [-0.05, 0) is 44.7 Å². The fourth-order valence-corrected chi connectivity index (χ4v) is 2.88. The van der Waals surface area contributed by atoms with Crippen molar-refractivity contribution in [2.24, 2.45) is 0 Å². The predicted molar refractivity (Wildman–Crippen MR) is 82.7 cm³/mol. The molecule has 0 radical (unpaired) electrons. The van der Waals surface area contributed by atoms with E-state index in [1.165, 1.54) is 0 Å². The van der Waals surface area contributed by atoms with Crippen LogP contribution in [0.2, 0.25) is 0 Å². The van der Waals surface area contributed by atoms with Gasteiger partial charge in [-0.25, -0.2) is 0 Å². The topological polar surface area (TPSA) is 58.6 Å². The monoisotopic (exact) mass is 297 g/mol. The lowest BCUT2D eigenvalue weighted by molar-refractivity contribution is -0.144. The number of rotatable bonds is 9. The van der Waals surface area contributed by atoms with Crippen LogP contribution in [0.4, 0.5) is 0 Å². The molecule has 112 valence electrons. The summed E-state index contributed by atoms with van der Waals surface area (Å²) < 4.78 is 5.30. The van der Waals surface area contributed by atoms with Gasteiger partial charge < -0.3 is 15.2 Å². The van der Waals surface area contributed by atoms with Crippen molar-refractivity contribution in [2.75, 3.05) is 19.9 Å². The number of hydrogen-bond donors (Lipinski definition) is 2. The van der Waals surface area contributed by atoms with Crippen molar-refractivity contribution in [2.45, 2.75) is 36.6 Å². The van der Waals surface area contributed by atoms with Gasteiger partial charge in [0.15, 0.2) is 0 Å². The summed E-state index contributed by atoms with van der Waals surface area (Å²) in [4.78, 5) is 12.3. The Hall–Kier alpha value is -1.20. The van der Waals surface area contributed by atoms with Crippen LogP contribution in [0.1, 0.15) is 26.2 Å². The van der Waals surface area contributed by atoms with E-state index in [1.807, 2.05) is 24.3 Å². The normalized spacial score (nSPS) is 13.8. The molecule has 0 fully saturated rings. The molecule has 0 spiro atoms. The quantitative estimate of drug-likeness (QED) is 0.542. The molecule has 1 unspecified atom stereocenters. The van der Waals surface area contributed by atoms with Crippen LogP contribution in [0.5, 0.6) is 5.75 Å². The van der Waals surface area contributed by atoms with Crippen molar-refractivity contribution < 1.29 is 14.6 Å². The SMILES string of the molecule is CNC(C)(CCCCSc1ccccc1OC)C(=O)O. The average Bonchev–Trinajstić information content (AvgIpc) is 2.46. The summed E-state index contributed by atoms with van der Waals surface area (Å²) in [6, 6.07) is 7.94. The van der Waals surface area contributed by atoms with Gasteiger partial charge in [-0.1, -0.05) is 18.6 Å². The molecule has 0 amide bonds. The first-order valence-electron chi connectivity index (χ1n) is 6.71.